The average Bonchev–Trinajstić information content (AvgIpc) is 3.26. The number of carbonyl (C=O) groups is 4. The lowest BCUT2D eigenvalue weighted by Gasteiger charge is -2.27. The van der Waals surface area contributed by atoms with E-state index in [-0.39, 0.29) is 18.3 Å². The molecule has 0 aliphatic carbocycles. The third-order valence-corrected chi connectivity index (χ3v) is 5.79. The molecule has 0 saturated carbocycles. The van der Waals surface area contributed by atoms with Gasteiger partial charge < -0.3 is 31.8 Å². The van der Waals surface area contributed by atoms with Crippen LogP contribution in [0, 0.1) is 11.8 Å². The van der Waals surface area contributed by atoms with Gasteiger partial charge in [-0.15, -0.1) is 0 Å². The van der Waals surface area contributed by atoms with Crippen LogP contribution in [-0.2, 0) is 25.6 Å². The Bertz CT molecular complexity index is 802. The Hall–Kier alpha value is -2.60. The van der Waals surface area contributed by atoms with Crippen LogP contribution >= 0.6 is 11.8 Å². The van der Waals surface area contributed by atoms with Gasteiger partial charge in [-0.25, -0.2) is 9.78 Å². The second-order valence-electron chi connectivity index (χ2n) is 8.99. The summed E-state index contributed by atoms with van der Waals surface area (Å²) in [5.41, 5.74) is 6.48. The maximum atomic E-state index is 13.0. The predicted molar refractivity (Wildman–Crippen MR) is 131 cm³/mol. The fraction of sp³-hybridized carbons (Fsp3) is 0.682. The molecule has 4 unspecified atom stereocenters. The monoisotopic (exact) mass is 498 g/mol. The first kappa shape index (κ1) is 29.4. The molecule has 0 saturated heterocycles. The number of H-pyrrole nitrogens is 1. The van der Waals surface area contributed by atoms with Gasteiger partial charge in [0.15, 0.2) is 0 Å². The lowest BCUT2D eigenvalue weighted by atomic mass is 9.99. The number of carboxylic acids is 1. The predicted octanol–water partition coefficient (Wildman–Crippen LogP) is 0.274. The largest absolute Gasteiger partial charge is 0.480 e. The van der Waals surface area contributed by atoms with Crippen molar-refractivity contribution in [2.75, 3.05) is 12.0 Å². The number of hydrogen-bond donors (Lipinski definition) is 6. The summed E-state index contributed by atoms with van der Waals surface area (Å²) >= 11 is 1.57. The normalized spacial score (nSPS) is 14.8. The molecule has 0 radical (unpaired) electrons. The summed E-state index contributed by atoms with van der Waals surface area (Å²) in [7, 11) is 0. The molecule has 4 atom stereocenters. The number of aliphatic carboxylic acids is 1. The Morgan fingerprint density at radius 1 is 1.06 bits per heavy atom. The van der Waals surface area contributed by atoms with E-state index in [1.807, 2.05) is 20.1 Å². The number of hydrogen-bond acceptors (Lipinski definition) is 7. The van der Waals surface area contributed by atoms with Crippen LogP contribution in [0.3, 0.4) is 0 Å². The van der Waals surface area contributed by atoms with Gasteiger partial charge in [-0.3, -0.25) is 14.4 Å². The first-order valence-corrected chi connectivity index (χ1v) is 12.7. The molecule has 0 bridgehead atoms. The lowest BCUT2D eigenvalue weighted by molar-refractivity contribution is -0.142. The summed E-state index contributed by atoms with van der Waals surface area (Å²) in [5, 5.41) is 17.4. The molecule has 1 aromatic rings. The molecule has 1 rings (SSSR count). The second-order valence-corrected chi connectivity index (χ2v) is 9.97. The van der Waals surface area contributed by atoms with Crippen LogP contribution in [0.5, 0.6) is 0 Å². The molecule has 11 nitrogen and oxygen atoms in total. The Balaban J connectivity index is 2.92. The van der Waals surface area contributed by atoms with Gasteiger partial charge in [-0.1, -0.05) is 27.7 Å². The van der Waals surface area contributed by atoms with Crippen molar-refractivity contribution in [1.82, 2.24) is 25.9 Å². The first-order chi connectivity index (χ1) is 16.0. The highest BCUT2D eigenvalue weighted by Gasteiger charge is 2.32. The van der Waals surface area contributed by atoms with E-state index in [2.05, 4.69) is 25.9 Å². The van der Waals surface area contributed by atoms with Crippen LogP contribution in [-0.4, -0.2) is 74.9 Å². The number of rotatable bonds is 15. The zero-order chi connectivity index (χ0) is 25.8. The molecule has 34 heavy (non-hydrogen) atoms. The molecular formula is C22H38N6O5S. The molecule has 0 aliphatic rings. The van der Waals surface area contributed by atoms with Gasteiger partial charge in [0.25, 0.3) is 0 Å². The Labute approximate surface area is 204 Å². The summed E-state index contributed by atoms with van der Waals surface area (Å²) < 4.78 is 0. The topological polar surface area (TPSA) is 179 Å². The first-order valence-electron chi connectivity index (χ1n) is 11.3. The minimum absolute atomic E-state index is 0.0159. The van der Waals surface area contributed by atoms with Crippen LogP contribution in [0.4, 0.5) is 0 Å². The van der Waals surface area contributed by atoms with Crippen LogP contribution in [0.1, 0.15) is 46.2 Å². The molecule has 1 aromatic heterocycles. The summed E-state index contributed by atoms with van der Waals surface area (Å²) in [6.45, 7) is 7.33. The third-order valence-electron chi connectivity index (χ3n) is 5.15. The second kappa shape index (κ2) is 14.6. The van der Waals surface area contributed by atoms with Gasteiger partial charge in [-0.2, -0.15) is 11.8 Å². The van der Waals surface area contributed by atoms with E-state index in [0.717, 1.165) is 0 Å². The van der Waals surface area contributed by atoms with E-state index in [4.69, 9.17) is 5.73 Å². The van der Waals surface area contributed by atoms with E-state index in [1.165, 1.54) is 12.5 Å². The molecule has 3 amide bonds. The van der Waals surface area contributed by atoms with Gasteiger partial charge >= 0.3 is 5.97 Å². The standard InChI is InChI=1S/C22H38N6O5S/c1-12(2)8-16(20(30)27-17(22(32)33)9-14-10-24-11-25-14)26-21(31)18(13(3)4)28-19(29)15(23)6-7-34-5/h10-13,15-18H,6-9,23H2,1-5H3,(H,24,25)(H,26,31)(H,27,30)(H,28,29)(H,32,33). The molecule has 0 aliphatic heterocycles. The maximum absolute atomic E-state index is 13.0. The van der Waals surface area contributed by atoms with Crippen molar-refractivity contribution in [2.45, 2.75) is 71.1 Å². The third kappa shape index (κ3) is 10.1. The minimum Gasteiger partial charge on any atom is -0.480 e. The molecular weight excluding hydrogens is 460 g/mol. The van der Waals surface area contributed by atoms with Gasteiger partial charge in [-0.05, 0) is 36.7 Å². The lowest BCUT2D eigenvalue weighted by Crippen LogP contribution is -2.58. The summed E-state index contributed by atoms with van der Waals surface area (Å²) in [6.07, 6.45) is 5.60. The SMILES string of the molecule is CSCCC(N)C(=O)NC(C(=O)NC(CC(C)C)C(=O)NC(Cc1cnc[nH]1)C(=O)O)C(C)C. The number of nitrogens with two attached hydrogens (primary N) is 1. The van der Waals surface area contributed by atoms with E-state index in [9.17, 15) is 24.3 Å². The van der Waals surface area contributed by atoms with Crippen LogP contribution in [0.2, 0.25) is 0 Å². The van der Waals surface area contributed by atoms with Gasteiger partial charge in [0, 0.05) is 18.3 Å². The quantitative estimate of drug-likeness (QED) is 0.199. The van der Waals surface area contributed by atoms with Crippen molar-refractivity contribution in [3.63, 3.8) is 0 Å². The highest BCUT2D eigenvalue weighted by Crippen LogP contribution is 2.10. The summed E-state index contributed by atoms with van der Waals surface area (Å²) in [4.78, 5) is 56.8. The van der Waals surface area contributed by atoms with Gasteiger partial charge in [0.2, 0.25) is 17.7 Å². The summed E-state index contributed by atoms with van der Waals surface area (Å²) in [6, 6.07) is -3.81. The van der Waals surface area contributed by atoms with Crippen molar-refractivity contribution in [1.29, 1.82) is 0 Å². The number of carboxylic acid groups (broad SMARTS) is 1. The number of amides is 3. The number of carbonyl (C=O) groups excluding carboxylic acids is 3. The number of nitrogens with zero attached hydrogens (tertiary/aromatic N) is 1. The maximum Gasteiger partial charge on any atom is 0.326 e. The van der Waals surface area contributed by atoms with E-state index in [0.29, 0.717) is 24.3 Å². The molecule has 1 heterocycles. The number of imidazole rings is 1. The van der Waals surface area contributed by atoms with Crippen molar-refractivity contribution in [2.24, 2.45) is 17.6 Å². The van der Waals surface area contributed by atoms with E-state index >= 15 is 0 Å². The molecule has 0 spiro atoms. The van der Waals surface area contributed by atoms with Gasteiger partial charge in [0.1, 0.15) is 18.1 Å². The minimum atomic E-state index is -1.20. The van der Waals surface area contributed by atoms with E-state index in [1.54, 1.807) is 25.6 Å². The highest BCUT2D eigenvalue weighted by atomic mass is 32.2. The smallest absolute Gasteiger partial charge is 0.326 e. The van der Waals surface area contributed by atoms with Crippen LogP contribution < -0.4 is 21.7 Å². The molecule has 192 valence electrons. The fourth-order valence-corrected chi connectivity index (χ4v) is 3.71. The number of aromatic nitrogens is 2. The van der Waals surface area contributed by atoms with E-state index < -0.39 is 47.9 Å². The Morgan fingerprint density at radius 3 is 2.21 bits per heavy atom. The molecule has 12 heteroatoms. The number of aromatic amines is 1. The number of thioether (sulfide) groups is 1. The van der Waals surface area contributed by atoms with Gasteiger partial charge in [0.05, 0.1) is 12.4 Å². The Morgan fingerprint density at radius 2 is 1.71 bits per heavy atom. The highest BCUT2D eigenvalue weighted by molar-refractivity contribution is 7.98. The van der Waals surface area contributed by atoms with Crippen molar-refractivity contribution in [3.8, 4) is 0 Å². The van der Waals surface area contributed by atoms with Crippen molar-refractivity contribution < 1.29 is 24.3 Å². The average molecular weight is 499 g/mol. The fourth-order valence-electron chi connectivity index (χ4n) is 3.22. The van der Waals surface area contributed by atoms with Crippen LogP contribution in [0.15, 0.2) is 12.5 Å². The summed E-state index contributed by atoms with van der Waals surface area (Å²) in [5.74, 6) is -2.28. The number of nitrogens with one attached hydrogen (secondary N) is 4. The van der Waals surface area contributed by atoms with Crippen molar-refractivity contribution >= 4 is 35.5 Å². The molecule has 0 fully saturated rings. The molecule has 7 N–H and O–H groups in total. The molecule has 0 aromatic carbocycles. The zero-order valence-corrected chi connectivity index (χ0v) is 21.3. The zero-order valence-electron chi connectivity index (χ0n) is 20.5. The van der Waals surface area contributed by atoms with Crippen LogP contribution in [0.25, 0.3) is 0 Å². The Kier molecular flexibility index (Phi) is 12.7. The van der Waals surface area contributed by atoms with Crippen molar-refractivity contribution in [3.05, 3.63) is 18.2 Å².